The van der Waals surface area contributed by atoms with Gasteiger partial charge in [0.1, 0.15) is 13.2 Å². The molecule has 0 aliphatic rings. The summed E-state index contributed by atoms with van der Waals surface area (Å²) < 4.78 is 15.1. The Bertz CT molecular complexity index is 565. The van der Waals surface area contributed by atoms with E-state index in [-0.39, 0.29) is 52.8 Å². The van der Waals surface area contributed by atoms with Gasteiger partial charge >= 0.3 is 5.97 Å². The van der Waals surface area contributed by atoms with Crippen LogP contribution in [0.4, 0.5) is 0 Å². The van der Waals surface area contributed by atoms with Crippen molar-refractivity contribution in [2.45, 2.75) is 6.92 Å². The van der Waals surface area contributed by atoms with Crippen LogP contribution in [0.1, 0.15) is 17.3 Å². The Kier molecular flexibility index (Phi) is 7.75. The summed E-state index contributed by atoms with van der Waals surface area (Å²) >= 11 is 17.8. The predicted octanol–water partition coefficient (Wildman–Crippen LogP) is 2.70. The molecular weight excluding hydrogens is 357 g/mol. The highest BCUT2D eigenvalue weighted by Gasteiger charge is 2.20. The zero-order valence-corrected chi connectivity index (χ0v) is 13.9. The van der Waals surface area contributed by atoms with E-state index in [2.05, 4.69) is 4.74 Å². The van der Waals surface area contributed by atoms with Gasteiger partial charge in [-0.3, -0.25) is 4.79 Å². The van der Waals surface area contributed by atoms with Gasteiger partial charge in [0.15, 0.2) is 5.75 Å². The smallest absolute Gasteiger partial charge is 0.332 e. The Balaban J connectivity index is 2.61. The highest BCUT2D eigenvalue weighted by Crippen LogP contribution is 2.39. The van der Waals surface area contributed by atoms with Gasteiger partial charge in [0.25, 0.3) is 5.91 Å². The molecule has 0 aromatic heterocycles. The second-order valence-electron chi connectivity index (χ2n) is 3.93. The second kappa shape index (κ2) is 9.05. The summed E-state index contributed by atoms with van der Waals surface area (Å²) in [6.45, 7) is 1.94. The third-order valence-electron chi connectivity index (χ3n) is 2.37. The van der Waals surface area contributed by atoms with Gasteiger partial charge in [0.2, 0.25) is 0 Å². The lowest BCUT2D eigenvalue weighted by Crippen LogP contribution is -2.16. The molecule has 1 amide bonds. The molecular formula is C13H14Cl3NO5. The number of nitrogens with two attached hydrogens (primary N) is 1. The number of carbonyl (C=O) groups is 2. The van der Waals surface area contributed by atoms with Crippen LogP contribution in [0.3, 0.4) is 0 Å². The highest BCUT2D eigenvalue weighted by atomic mass is 35.5. The van der Waals surface area contributed by atoms with Gasteiger partial charge in [-0.15, -0.1) is 0 Å². The van der Waals surface area contributed by atoms with Gasteiger partial charge < -0.3 is 19.9 Å². The molecule has 0 saturated carbocycles. The van der Waals surface area contributed by atoms with Crippen molar-refractivity contribution in [1.82, 2.24) is 0 Å². The fraction of sp³-hybridized carbons (Fsp3) is 0.385. The molecule has 122 valence electrons. The monoisotopic (exact) mass is 369 g/mol. The van der Waals surface area contributed by atoms with E-state index in [4.69, 9.17) is 50.0 Å². The fourth-order valence-electron chi connectivity index (χ4n) is 1.49. The first-order chi connectivity index (χ1) is 10.4. The van der Waals surface area contributed by atoms with Crippen molar-refractivity contribution in [3.63, 3.8) is 0 Å². The number of esters is 1. The lowest BCUT2D eigenvalue weighted by molar-refractivity contribution is -0.148. The summed E-state index contributed by atoms with van der Waals surface area (Å²) in [6.07, 6.45) is 0. The van der Waals surface area contributed by atoms with Crippen LogP contribution in [-0.2, 0) is 14.3 Å². The van der Waals surface area contributed by atoms with E-state index in [1.54, 1.807) is 6.92 Å². The third-order valence-corrected chi connectivity index (χ3v) is 3.31. The molecule has 0 saturated heterocycles. The molecule has 0 aliphatic carbocycles. The van der Waals surface area contributed by atoms with Crippen LogP contribution in [0.5, 0.6) is 5.75 Å². The van der Waals surface area contributed by atoms with E-state index in [9.17, 15) is 9.59 Å². The van der Waals surface area contributed by atoms with Crippen LogP contribution in [0.2, 0.25) is 15.1 Å². The van der Waals surface area contributed by atoms with Crippen LogP contribution < -0.4 is 10.5 Å². The number of hydrogen-bond acceptors (Lipinski definition) is 5. The molecule has 0 radical (unpaired) electrons. The number of amides is 1. The zero-order chi connectivity index (χ0) is 16.7. The van der Waals surface area contributed by atoms with Gasteiger partial charge in [-0.25, -0.2) is 4.79 Å². The first kappa shape index (κ1) is 18.8. The minimum Gasteiger partial charge on any atom is -0.488 e. The Hall–Kier alpha value is -1.21. The normalized spacial score (nSPS) is 10.4. The van der Waals surface area contributed by atoms with E-state index < -0.39 is 11.9 Å². The molecule has 0 spiro atoms. The van der Waals surface area contributed by atoms with Crippen LogP contribution in [0, 0.1) is 0 Å². The van der Waals surface area contributed by atoms with Gasteiger partial charge in [0.05, 0.1) is 33.8 Å². The number of benzene rings is 1. The minimum absolute atomic E-state index is 0.0356. The van der Waals surface area contributed by atoms with Crippen LogP contribution >= 0.6 is 34.8 Å². The standard InChI is InChI=1S/C13H14Cl3NO5/c1-2-21-9(18)6-20-3-4-22-12-8(15)5-7(14)10(11(12)16)13(17)19/h5H,2-4,6H2,1H3,(H2,17,19). The van der Waals surface area contributed by atoms with E-state index >= 15 is 0 Å². The number of rotatable bonds is 8. The van der Waals surface area contributed by atoms with Crippen LogP contribution in [0.15, 0.2) is 6.07 Å². The number of hydrogen-bond donors (Lipinski definition) is 1. The molecule has 22 heavy (non-hydrogen) atoms. The molecule has 0 unspecified atom stereocenters. The van der Waals surface area contributed by atoms with Crippen molar-refractivity contribution in [2.75, 3.05) is 26.4 Å². The van der Waals surface area contributed by atoms with Crippen LogP contribution in [-0.4, -0.2) is 38.3 Å². The number of ether oxygens (including phenoxy) is 3. The SMILES string of the molecule is CCOC(=O)COCCOc1c(Cl)cc(Cl)c(C(N)=O)c1Cl. The first-order valence-corrected chi connectivity index (χ1v) is 7.35. The van der Waals surface area contributed by atoms with E-state index in [1.165, 1.54) is 6.07 Å². The summed E-state index contributed by atoms with van der Waals surface area (Å²) in [5.74, 6) is -1.20. The first-order valence-electron chi connectivity index (χ1n) is 6.21. The summed E-state index contributed by atoms with van der Waals surface area (Å²) in [5, 5.41) is 0.0918. The molecule has 2 N–H and O–H groups in total. The van der Waals surface area contributed by atoms with Crippen LogP contribution in [0.25, 0.3) is 0 Å². The molecule has 0 atom stereocenters. The fourth-order valence-corrected chi connectivity index (χ4v) is 2.55. The summed E-state index contributed by atoms with van der Waals surface area (Å²) in [5.41, 5.74) is 5.12. The van der Waals surface area contributed by atoms with E-state index in [0.717, 1.165) is 0 Å². The van der Waals surface area contributed by atoms with Gasteiger partial charge in [-0.2, -0.15) is 0 Å². The second-order valence-corrected chi connectivity index (χ2v) is 5.12. The maximum Gasteiger partial charge on any atom is 0.332 e. The average molecular weight is 371 g/mol. The highest BCUT2D eigenvalue weighted by molar-refractivity contribution is 6.43. The predicted molar refractivity (Wildman–Crippen MR) is 82.9 cm³/mol. The van der Waals surface area contributed by atoms with Crippen molar-refractivity contribution in [2.24, 2.45) is 5.73 Å². The van der Waals surface area contributed by atoms with Crippen molar-refractivity contribution in [3.05, 3.63) is 26.7 Å². The number of carbonyl (C=O) groups excluding carboxylic acids is 2. The maximum absolute atomic E-state index is 11.3. The van der Waals surface area contributed by atoms with Gasteiger partial charge in [0, 0.05) is 0 Å². The van der Waals surface area contributed by atoms with Gasteiger partial charge in [-0.1, -0.05) is 34.8 Å². The van der Waals surface area contributed by atoms with Gasteiger partial charge in [-0.05, 0) is 13.0 Å². The third kappa shape index (κ3) is 5.21. The Labute approximate surface area is 142 Å². The molecule has 1 aromatic carbocycles. The molecule has 6 nitrogen and oxygen atoms in total. The molecule has 0 fully saturated rings. The Morgan fingerprint density at radius 2 is 1.86 bits per heavy atom. The Morgan fingerprint density at radius 1 is 1.18 bits per heavy atom. The molecule has 1 aromatic rings. The topological polar surface area (TPSA) is 87.8 Å². The average Bonchev–Trinajstić information content (AvgIpc) is 2.41. The molecule has 1 rings (SSSR count). The van der Waals surface area contributed by atoms with E-state index in [0.29, 0.717) is 0 Å². The molecule has 0 heterocycles. The molecule has 0 bridgehead atoms. The zero-order valence-electron chi connectivity index (χ0n) is 11.7. The quantitative estimate of drug-likeness (QED) is 0.561. The lowest BCUT2D eigenvalue weighted by atomic mass is 10.2. The number of halogens is 3. The largest absolute Gasteiger partial charge is 0.488 e. The summed E-state index contributed by atoms with van der Waals surface area (Å²) in [4.78, 5) is 22.3. The Morgan fingerprint density at radius 3 is 2.45 bits per heavy atom. The minimum atomic E-state index is -0.796. The van der Waals surface area contributed by atoms with Crippen molar-refractivity contribution in [3.8, 4) is 5.75 Å². The summed E-state index contributed by atoms with van der Waals surface area (Å²) in [7, 11) is 0. The van der Waals surface area contributed by atoms with Crippen molar-refractivity contribution < 1.29 is 23.8 Å². The molecule has 9 heteroatoms. The lowest BCUT2D eigenvalue weighted by Gasteiger charge is -2.13. The van der Waals surface area contributed by atoms with Crippen molar-refractivity contribution >= 4 is 46.7 Å². The maximum atomic E-state index is 11.3. The summed E-state index contributed by atoms with van der Waals surface area (Å²) in [6, 6.07) is 1.31. The molecule has 0 aliphatic heterocycles. The van der Waals surface area contributed by atoms with Crippen molar-refractivity contribution in [1.29, 1.82) is 0 Å². The van der Waals surface area contributed by atoms with E-state index in [1.807, 2.05) is 0 Å². The number of primary amides is 1.